The van der Waals surface area contributed by atoms with Crippen LogP contribution in [0.4, 0.5) is 15.8 Å². The maximum atomic E-state index is 15.1. The summed E-state index contributed by atoms with van der Waals surface area (Å²) in [6, 6.07) is 20.1. The molecule has 0 atom stereocenters. The number of nitrogens with zero attached hydrogens (tertiary/aromatic N) is 1. The molecule has 0 unspecified atom stereocenters. The number of benzene rings is 3. The molecule has 210 valence electrons. The van der Waals surface area contributed by atoms with E-state index in [0.29, 0.717) is 47.5 Å². The van der Waals surface area contributed by atoms with E-state index < -0.39 is 22.7 Å². The molecule has 0 spiro atoms. The molecular weight excluding hydrogens is 525 g/mol. The van der Waals surface area contributed by atoms with Crippen LogP contribution < -0.4 is 20.1 Å². The average molecular weight is 556 g/mol. The predicted octanol–water partition coefficient (Wildman–Crippen LogP) is 6.21. The highest BCUT2D eigenvalue weighted by molar-refractivity contribution is 6.16. The van der Waals surface area contributed by atoms with Gasteiger partial charge in [-0.05, 0) is 81.0 Å². The molecule has 1 aromatic heterocycles. The van der Waals surface area contributed by atoms with Gasteiger partial charge in [-0.3, -0.25) is 14.6 Å². The summed E-state index contributed by atoms with van der Waals surface area (Å²) >= 11 is 0. The Labute approximate surface area is 236 Å². The predicted molar refractivity (Wildman–Crippen MR) is 152 cm³/mol. The molecule has 0 radical (unpaired) electrons. The number of amides is 2. The largest absolute Gasteiger partial charge is 0.494 e. The number of fused-ring (bicyclic) bond motifs is 1. The van der Waals surface area contributed by atoms with Crippen molar-refractivity contribution in [2.75, 3.05) is 17.2 Å². The lowest BCUT2D eigenvalue weighted by atomic mass is 10.0. The minimum atomic E-state index is -1.17. The highest BCUT2D eigenvalue weighted by atomic mass is 19.1. The molecule has 2 amide bonds. The van der Waals surface area contributed by atoms with Crippen LogP contribution in [-0.4, -0.2) is 34.1 Å². The highest BCUT2D eigenvalue weighted by Gasteiger charge is 2.56. The van der Waals surface area contributed by atoms with E-state index in [4.69, 9.17) is 9.47 Å². The van der Waals surface area contributed by atoms with Crippen LogP contribution in [0, 0.1) is 11.2 Å². The maximum Gasteiger partial charge on any atom is 0.240 e. The van der Waals surface area contributed by atoms with Crippen molar-refractivity contribution in [1.29, 1.82) is 0 Å². The van der Waals surface area contributed by atoms with Gasteiger partial charge in [0.25, 0.3) is 0 Å². The van der Waals surface area contributed by atoms with Crippen LogP contribution in [0.5, 0.6) is 17.2 Å². The lowest BCUT2D eigenvalue weighted by Crippen LogP contribution is -2.35. The molecule has 2 saturated carbocycles. The first-order valence-electron chi connectivity index (χ1n) is 13.7. The Morgan fingerprint density at radius 1 is 0.878 bits per heavy atom. The first kappa shape index (κ1) is 26.7. The van der Waals surface area contributed by atoms with E-state index in [1.54, 1.807) is 48.7 Å². The quantitative estimate of drug-likeness (QED) is 0.150. The van der Waals surface area contributed by atoms with E-state index in [2.05, 4.69) is 15.6 Å². The molecule has 1 heterocycles. The summed E-state index contributed by atoms with van der Waals surface area (Å²) in [5.41, 5.74) is -0.181. The molecule has 3 aromatic carbocycles. The van der Waals surface area contributed by atoms with Crippen LogP contribution >= 0.6 is 0 Å². The molecule has 41 heavy (non-hydrogen) atoms. The van der Waals surface area contributed by atoms with Gasteiger partial charge in [0.2, 0.25) is 11.8 Å². The number of nitrogens with one attached hydrogen (secondary N) is 2. The Morgan fingerprint density at radius 3 is 2.34 bits per heavy atom. The number of aliphatic hydroxyl groups is 1. The SMILES string of the molecule is O=C(Nc1ccccc1)C1(C(=O)Nc2ccc(Oc3ccnc4cc(OCCCC5(O)CC5)ccc34)c(F)c2)CC1. The highest BCUT2D eigenvalue weighted by Crippen LogP contribution is 2.47. The lowest BCUT2D eigenvalue weighted by molar-refractivity contribution is -0.131. The molecule has 3 N–H and O–H groups in total. The summed E-state index contributed by atoms with van der Waals surface area (Å²) in [7, 11) is 0. The number of rotatable bonds is 11. The lowest BCUT2D eigenvalue weighted by Gasteiger charge is -2.16. The van der Waals surface area contributed by atoms with Crippen LogP contribution in [0.2, 0.25) is 0 Å². The van der Waals surface area contributed by atoms with Crippen molar-refractivity contribution in [3.05, 3.63) is 84.8 Å². The second-order valence-corrected chi connectivity index (χ2v) is 10.8. The van der Waals surface area contributed by atoms with Crippen LogP contribution in [-0.2, 0) is 9.59 Å². The van der Waals surface area contributed by atoms with Crippen LogP contribution in [0.25, 0.3) is 10.9 Å². The van der Waals surface area contributed by atoms with E-state index in [-0.39, 0.29) is 17.3 Å². The average Bonchev–Trinajstić information content (AvgIpc) is 3.90. The number of anilines is 2. The number of para-hydroxylation sites is 1. The zero-order chi connectivity index (χ0) is 28.5. The first-order chi connectivity index (χ1) is 19.8. The van der Waals surface area contributed by atoms with E-state index in [0.717, 1.165) is 25.7 Å². The number of halogens is 1. The smallest absolute Gasteiger partial charge is 0.240 e. The minimum Gasteiger partial charge on any atom is -0.494 e. The van der Waals surface area contributed by atoms with Crippen LogP contribution in [0.1, 0.15) is 38.5 Å². The summed E-state index contributed by atoms with van der Waals surface area (Å²) in [5.74, 6) is -0.456. The van der Waals surface area contributed by atoms with Gasteiger partial charge in [-0.1, -0.05) is 18.2 Å². The molecule has 0 aliphatic heterocycles. The first-order valence-corrected chi connectivity index (χ1v) is 13.7. The summed E-state index contributed by atoms with van der Waals surface area (Å²) in [4.78, 5) is 30.1. The number of hydrogen-bond donors (Lipinski definition) is 3. The monoisotopic (exact) mass is 555 g/mol. The molecular formula is C32H30FN3O5. The molecule has 2 fully saturated rings. The fourth-order valence-electron chi connectivity index (χ4n) is 4.75. The van der Waals surface area contributed by atoms with Crippen molar-refractivity contribution in [3.8, 4) is 17.2 Å². The Kier molecular flexibility index (Phi) is 7.05. The molecule has 2 aliphatic carbocycles. The van der Waals surface area contributed by atoms with Crippen molar-refractivity contribution >= 4 is 34.1 Å². The van der Waals surface area contributed by atoms with Gasteiger partial charge < -0.3 is 25.2 Å². The standard InChI is InChI=1S/C32H30FN3O5/c33-25-19-22(36-30(38)32(15-16-32)29(37)35-21-5-2-1-3-6-21)7-10-28(25)41-27-11-17-34-26-20-23(8-9-24(26)27)40-18-4-12-31(39)13-14-31/h1-3,5-11,17,19-20,39H,4,12-16,18H2,(H,35,37)(H,36,38). The zero-order valence-electron chi connectivity index (χ0n) is 22.4. The zero-order valence-corrected chi connectivity index (χ0v) is 22.4. The molecule has 0 bridgehead atoms. The topological polar surface area (TPSA) is 110 Å². The fraction of sp³-hybridized carbons (Fsp3) is 0.281. The van der Waals surface area contributed by atoms with Gasteiger partial charge in [-0.15, -0.1) is 0 Å². The summed E-state index contributed by atoms with van der Waals surface area (Å²) in [6.07, 6.45) is 5.65. The minimum absolute atomic E-state index is 0.0169. The van der Waals surface area contributed by atoms with Crippen molar-refractivity contribution in [1.82, 2.24) is 4.98 Å². The third-order valence-electron chi connectivity index (χ3n) is 7.62. The number of ether oxygens (including phenoxy) is 2. The van der Waals surface area contributed by atoms with Crippen LogP contribution in [0.15, 0.2) is 79.0 Å². The van der Waals surface area contributed by atoms with E-state index >= 15 is 4.39 Å². The molecule has 9 heteroatoms. The second-order valence-electron chi connectivity index (χ2n) is 10.8. The fourth-order valence-corrected chi connectivity index (χ4v) is 4.75. The van der Waals surface area contributed by atoms with Crippen molar-refractivity contribution in [3.63, 3.8) is 0 Å². The molecule has 4 aromatic rings. The number of hydrogen-bond acceptors (Lipinski definition) is 6. The number of carbonyl (C=O) groups is 2. The molecule has 6 rings (SSSR count). The normalized spacial score (nSPS) is 16.0. The molecule has 0 saturated heterocycles. The van der Waals surface area contributed by atoms with Gasteiger partial charge in [0.15, 0.2) is 11.6 Å². The van der Waals surface area contributed by atoms with Gasteiger partial charge in [-0.25, -0.2) is 4.39 Å². The second kappa shape index (κ2) is 10.8. The molecule has 2 aliphatic rings. The summed E-state index contributed by atoms with van der Waals surface area (Å²) < 4.78 is 26.8. The van der Waals surface area contributed by atoms with Crippen LogP contribution in [0.3, 0.4) is 0 Å². The maximum absolute atomic E-state index is 15.1. The Morgan fingerprint density at radius 2 is 1.63 bits per heavy atom. The Balaban J connectivity index is 1.09. The number of carbonyl (C=O) groups excluding carboxylic acids is 2. The van der Waals surface area contributed by atoms with Gasteiger partial charge in [-0.2, -0.15) is 0 Å². The summed E-state index contributed by atoms with van der Waals surface area (Å²) in [6.45, 7) is 0.497. The van der Waals surface area contributed by atoms with Crippen molar-refractivity contribution in [2.24, 2.45) is 5.41 Å². The number of aromatic nitrogens is 1. The third kappa shape index (κ3) is 6.00. The van der Waals surface area contributed by atoms with E-state index in [1.165, 1.54) is 18.2 Å². The van der Waals surface area contributed by atoms with E-state index in [9.17, 15) is 14.7 Å². The van der Waals surface area contributed by atoms with Crippen molar-refractivity contribution < 1.29 is 28.6 Å². The third-order valence-corrected chi connectivity index (χ3v) is 7.62. The Bertz CT molecular complexity index is 1600. The Hall–Kier alpha value is -4.50. The van der Waals surface area contributed by atoms with Gasteiger partial charge in [0.1, 0.15) is 16.9 Å². The van der Waals surface area contributed by atoms with Gasteiger partial charge in [0.05, 0.1) is 17.7 Å². The van der Waals surface area contributed by atoms with E-state index in [1.807, 2.05) is 12.1 Å². The number of pyridine rings is 1. The van der Waals surface area contributed by atoms with Gasteiger partial charge in [0, 0.05) is 35.1 Å². The summed E-state index contributed by atoms with van der Waals surface area (Å²) in [5, 5.41) is 16.1. The van der Waals surface area contributed by atoms with Gasteiger partial charge >= 0.3 is 0 Å². The van der Waals surface area contributed by atoms with Crippen molar-refractivity contribution in [2.45, 2.75) is 44.1 Å². The molecule has 8 nitrogen and oxygen atoms in total.